The van der Waals surface area contributed by atoms with Gasteiger partial charge in [0.05, 0.1) is 0 Å². The highest BCUT2D eigenvalue weighted by Crippen LogP contribution is 2.36. The second-order valence-electron chi connectivity index (χ2n) is 2.51. The summed E-state index contributed by atoms with van der Waals surface area (Å²) in [5.41, 5.74) is 0.892. The standard InChI is InChI=1S/C9H7NO2S/c11-7-9(12)13-8(10-7)6-4-2-1-3-5-6/h1-5,11-12H. The van der Waals surface area contributed by atoms with Crippen molar-refractivity contribution in [3.63, 3.8) is 0 Å². The van der Waals surface area contributed by atoms with Gasteiger partial charge in [0.1, 0.15) is 5.01 Å². The van der Waals surface area contributed by atoms with Crippen LogP contribution in [0.25, 0.3) is 10.6 Å². The third-order valence-corrected chi connectivity index (χ3v) is 2.51. The van der Waals surface area contributed by atoms with Crippen LogP contribution in [-0.2, 0) is 0 Å². The number of benzene rings is 1. The first kappa shape index (κ1) is 8.07. The number of hydrogen-bond acceptors (Lipinski definition) is 4. The van der Waals surface area contributed by atoms with Crippen molar-refractivity contribution in [2.24, 2.45) is 0 Å². The van der Waals surface area contributed by atoms with Crippen molar-refractivity contribution in [2.45, 2.75) is 0 Å². The van der Waals surface area contributed by atoms with Gasteiger partial charge in [-0.3, -0.25) is 0 Å². The molecule has 0 saturated carbocycles. The molecule has 1 aromatic carbocycles. The van der Waals surface area contributed by atoms with Gasteiger partial charge in [-0.05, 0) is 0 Å². The lowest BCUT2D eigenvalue weighted by Crippen LogP contribution is -1.72. The molecule has 2 aromatic rings. The molecule has 0 bridgehead atoms. The number of hydrogen-bond donors (Lipinski definition) is 2. The van der Waals surface area contributed by atoms with Crippen LogP contribution in [0.4, 0.5) is 0 Å². The van der Waals surface area contributed by atoms with Crippen molar-refractivity contribution >= 4 is 11.3 Å². The molecule has 4 heteroatoms. The summed E-state index contributed by atoms with van der Waals surface area (Å²) in [6.45, 7) is 0. The van der Waals surface area contributed by atoms with Gasteiger partial charge in [0.15, 0.2) is 0 Å². The SMILES string of the molecule is Oc1nc(-c2ccccc2)sc1O. The van der Waals surface area contributed by atoms with E-state index in [2.05, 4.69) is 4.98 Å². The minimum Gasteiger partial charge on any atom is -0.496 e. The van der Waals surface area contributed by atoms with Crippen LogP contribution >= 0.6 is 11.3 Å². The Labute approximate surface area is 78.9 Å². The third kappa shape index (κ3) is 1.48. The Balaban J connectivity index is 2.48. The summed E-state index contributed by atoms with van der Waals surface area (Å²) >= 11 is 1.06. The summed E-state index contributed by atoms with van der Waals surface area (Å²) in [7, 11) is 0. The van der Waals surface area contributed by atoms with Gasteiger partial charge in [0.2, 0.25) is 5.06 Å². The molecular weight excluding hydrogens is 186 g/mol. The molecule has 0 spiro atoms. The Hall–Kier alpha value is -1.55. The lowest BCUT2D eigenvalue weighted by atomic mass is 10.2. The van der Waals surface area contributed by atoms with Gasteiger partial charge < -0.3 is 10.2 Å². The lowest BCUT2D eigenvalue weighted by Gasteiger charge is -1.91. The molecule has 0 fully saturated rings. The van der Waals surface area contributed by atoms with E-state index in [0.29, 0.717) is 5.01 Å². The zero-order chi connectivity index (χ0) is 9.26. The second kappa shape index (κ2) is 3.06. The van der Waals surface area contributed by atoms with Crippen LogP contribution in [0.15, 0.2) is 30.3 Å². The predicted octanol–water partition coefficient (Wildman–Crippen LogP) is 2.22. The van der Waals surface area contributed by atoms with E-state index in [1.807, 2.05) is 30.3 Å². The van der Waals surface area contributed by atoms with Gasteiger partial charge in [-0.1, -0.05) is 41.7 Å². The third-order valence-electron chi connectivity index (χ3n) is 1.61. The number of aromatic nitrogens is 1. The van der Waals surface area contributed by atoms with E-state index in [4.69, 9.17) is 10.2 Å². The second-order valence-corrected chi connectivity index (χ2v) is 3.49. The van der Waals surface area contributed by atoms with E-state index in [-0.39, 0.29) is 10.9 Å². The Morgan fingerprint density at radius 3 is 2.31 bits per heavy atom. The highest BCUT2D eigenvalue weighted by molar-refractivity contribution is 7.17. The van der Waals surface area contributed by atoms with Gasteiger partial charge in [-0.2, -0.15) is 4.98 Å². The zero-order valence-corrected chi connectivity index (χ0v) is 7.45. The van der Waals surface area contributed by atoms with E-state index >= 15 is 0 Å². The molecule has 0 aliphatic heterocycles. The first-order valence-corrected chi connectivity index (χ1v) is 4.53. The lowest BCUT2D eigenvalue weighted by molar-refractivity contribution is 0.402. The summed E-state index contributed by atoms with van der Waals surface area (Å²) in [6.07, 6.45) is 0. The van der Waals surface area contributed by atoms with Crippen molar-refractivity contribution in [1.29, 1.82) is 0 Å². The van der Waals surface area contributed by atoms with Crippen LogP contribution in [-0.4, -0.2) is 15.2 Å². The normalized spacial score (nSPS) is 10.2. The van der Waals surface area contributed by atoms with Crippen LogP contribution in [0.5, 0.6) is 10.9 Å². The Bertz CT molecular complexity index is 391. The Kier molecular flexibility index (Phi) is 1.90. The van der Waals surface area contributed by atoms with Crippen molar-refractivity contribution in [3.8, 4) is 21.5 Å². The maximum absolute atomic E-state index is 9.11. The van der Waals surface area contributed by atoms with Gasteiger partial charge in [0, 0.05) is 5.56 Å². The molecular formula is C9H7NO2S. The van der Waals surface area contributed by atoms with Crippen LogP contribution in [0, 0.1) is 0 Å². The highest BCUT2D eigenvalue weighted by Gasteiger charge is 2.09. The minimum absolute atomic E-state index is 0.140. The number of rotatable bonds is 1. The number of nitrogens with zero attached hydrogens (tertiary/aromatic N) is 1. The molecule has 0 aliphatic carbocycles. The fraction of sp³-hybridized carbons (Fsp3) is 0. The molecule has 2 N–H and O–H groups in total. The molecule has 0 radical (unpaired) electrons. The molecule has 1 heterocycles. The summed E-state index contributed by atoms with van der Waals surface area (Å²) in [5.74, 6) is -0.302. The fourth-order valence-corrected chi connectivity index (χ4v) is 1.71. The quantitative estimate of drug-likeness (QED) is 0.730. The molecule has 0 unspecified atom stereocenters. The maximum Gasteiger partial charge on any atom is 0.267 e. The van der Waals surface area contributed by atoms with Gasteiger partial charge in [-0.25, -0.2) is 0 Å². The molecule has 0 amide bonds. The van der Waals surface area contributed by atoms with Gasteiger partial charge >= 0.3 is 0 Å². The average molecular weight is 193 g/mol. The van der Waals surface area contributed by atoms with Crippen LogP contribution in [0.3, 0.4) is 0 Å². The van der Waals surface area contributed by atoms with E-state index in [0.717, 1.165) is 16.9 Å². The smallest absolute Gasteiger partial charge is 0.267 e. The molecule has 2 rings (SSSR count). The maximum atomic E-state index is 9.11. The van der Waals surface area contributed by atoms with E-state index in [9.17, 15) is 0 Å². The average Bonchev–Trinajstić information content (AvgIpc) is 2.49. The van der Waals surface area contributed by atoms with E-state index < -0.39 is 0 Å². The summed E-state index contributed by atoms with van der Waals surface area (Å²) < 4.78 is 0. The van der Waals surface area contributed by atoms with E-state index in [1.54, 1.807) is 0 Å². The molecule has 0 atom stereocenters. The predicted molar refractivity (Wildman–Crippen MR) is 50.9 cm³/mol. The fourth-order valence-electron chi connectivity index (χ4n) is 1.01. The highest BCUT2D eigenvalue weighted by atomic mass is 32.1. The Morgan fingerprint density at radius 1 is 1.08 bits per heavy atom. The van der Waals surface area contributed by atoms with Crippen LogP contribution < -0.4 is 0 Å². The van der Waals surface area contributed by atoms with Crippen molar-refractivity contribution in [3.05, 3.63) is 30.3 Å². The molecule has 3 nitrogen and oxygen atoms in total. The first-order valence-electron chi connectivity index (χ1n) is 3.71. The molecule has 0 aliphatic rings. The van der Waals surface area contributed by atoms with Crippen molar-refractivity contribution < 1.29 is 10.2 Å². The Morgan fingerprint density at radius 2 is 1.77 bits per heavy atom. The molecule has 66 valence electrons. The monoisotopic (exact) mass is 193 g/mol. The summed E-state index contributed by atoms with van der Waals surface area (Å²) in [4.78, 5) is 3.80. The van der Waals surface area contributed by atoms with Crippen LogP contribution in [0.2, 0.25) is 0 Å². The van der Waals surface area contributed by atoms with Crippen LogP contribution in [0.1, 0.15) is 0 Å². The molecule has 1 aromatic heterocycles. The molecule has 0 saturated heterocycles. The van der Waals surface area contributed by atoms with Gasteiger partial charge in [0.25, 0.3) is 5.88 Å². The summed E-state index contributed by atoms with van der Waals surface area (Å²) in [6, 6.07) is 9.40. The van der Waals surface area contributed by atoms with Crippen molar-refractivity contribution in [2.75, 3.05) is 0 Å². The number of aromatic hydroxyl groups is 2. The summed E-state index contributed by atoms with van der Waals surface area (Å²) in [5, 5.41) is 18.6. The largest absolute Gasteiger partial charge is 0.496 e. The molecule has 13 heavy (non-hydrogen) atoms. The van der Waals surface area contributed by atoms with E-state index in [1.165, 1.54) is 0 Å². The van der Waals surface area contributed by atoms with Crippen molar-refractivity contribution in [1.82, 2.24) is 4.98 Å². The first-order chi connectivity index (χ1) is 6.27. The topological polar surface area (TPSA) is 53.4 Å². The zero-order valence-electron chi connectivity index (χ0n) is 6.64. The number of thiazole rings is 1. The minimum atomic E-state index is -0.302. The van der Waals surface area contributed by atoms with Gasteiger partial charge in [-0.15, -0.1) is 0 Å².